The molecule has 38 heavy (non-hydrogen) atoms. The Morgan fingerprint density at radius 2 is 1.74 bits per heavy atom. The van der Waals surface area contributed by atoms with Crippen molar-refractivity contribution in [2.45, 2.75) is 11.4 Å². The Morgan fingerprint density at radius 1 is 0.974 bits per heavy atom. The van der Waals surface area contributed by atoms with Crippen molar-refractivity contribution in [1.82, 2.24) is 14.8 Å². The van der Waals surface area contributed by atoms with Gasteiger partial charge in [-0.1, -0.05) is 47.5 Å². The Balaban J connectivity index is 1.25. The number of hydrogen-bond donors (Lipinski definition) is 1. The Kier molecular flexibility index (Phi) is 7.54. The van der Waals surface area contributed by atoms with Gasteiger partial charge < -0.3 is 4.90 Å². The molecule has 1 amide bonds. The number of piperazine rings is 1. The number of para-hydroxylation sites is 1. The monoisotopic (exact) mass is 572 g/mol. The van der Waals surface area contributed by atoms with Crippen molar-refractivity contribution >= 4 is 55.7 Å². The van der Waals surface area contributed by atoms with E-state index >= 15 is 0 Å². The molecule has 0 aliphatic carbocycles. The maximum atomic E-state index is 15.0. The van der Waals surface area contributed by atoms with Gasteiger partial charge in [0.2, 0.25) is 0 Å². The summed E-state index contributed by atoms with van der Waals surface area (Å²) in [6, 6.07) is 17.3. The predicted molar refractivity (Wildman–Crippen MR) is 147 cm³/mol. The summed E-state index contributed by atoms with van der Waals surface area (Å²) in [6.07, 6.45) is 1.50. The van der Waals surface area contributed by atoms with E-state index in [4.69, 9.17) is 23.2 Å². The van der Waals surface area contributed by atoms with E-state index in [0.717, 1.165) is 11.6 Å². The van der Waals surface area contributed by atoms with Gasteiger partial charge in [0.05, 0.1) is 11.2 Å². The van der Waals surface area contributed by atoms with Crippen LogP contribution in [0.15, 0.2) is 77.8 Å². The summed E-state index contributed by atoms with van der Waals surface area (Å²) in [4.78, 5) is 21.0. The molecular formula is C27H23Cl2FN4O3S. The largest absolute Gasteiger partial charge is 0.336 e. The topological polar surface area (TPSA) is 82.6 Å². The van der Waals surface area contributed by atoms with Crippen molar-refractivity contribution in [1.29, 1.82) is 0 Å². The number of pyridine rings is 1. The summed E-state index contributed by atoms with van der Waals surface area (Å²) < 4.78 is 43.3. The highest BCUT2D eigenvalue weighted by Gasteiger charge is 2.25. The van der Waals surface area contributed by atoms with Crippen LogP contribution in [0.2, 0.25) is 10.0 Å². The van der Waals surface area contributed by atoms with Gasteiger partial charge in [0, 0.05) is 59.9 Å². The first-order valence-corrected chi connectivity index (χ1v) is 14.1. The molecule has 4 aromatic rings. The number of carbonyl (C=O) groups is 1. The van der Waals surface area contributed by atoms with Gasteiger partial charge in [0.25, 0.3) is 15.9 Å². The van der Waals surface area contributed by atoms with Crippen molar-refractivity contribution in [2.75, 3.05) is 30.9 Å². The Morgan fingerprint density at radius 3 is 2.47 bits per heavy atom. The summed E-state index contributed by atoms with van der Waals surface area (Å²) in [7, 11) is -4.12. The molecule has 0 spiro atoms. The number of nitrogens with one attached hydrogen (secondary N) is 1. The first-order chi connectivity index (χ1) is 18.2. The van der Waals surface area contributed by atoms with Crippen LogP contribution < -0.4 is 4.72 Å². The summed E-state index contributed by atoms with van der Waals surface area (Å²) in [5.41, 5.74) is 1.13. The van der Waals surface area contributed by atoms with E-state index in [1.807, 2.05) is 6.07 Å². The van der Waals surface area contributed by atoms with Crippen LogP contribution in [0.4, 0.5) is 10.1 Å². The van der Waals surface area contributed by atoms with Crippen molar-refractivity contribution in [2.24, 2.45) is 0 Å². The molecule has 0 unspecified atom stereocenters. The summed E-state index contributed by atoms with van der Waals surface area (Å²) in [5, 5.41) is 1.82. The lowest BCUT2D eigenvalue weighted by Crippen LogP contribution is -2.48. The maximum absolute atomic E-state index is 15.0. The smallest absolute Gasteiger partial charge is 0.264 e. The van der Waals surface area contributed by atoms with Gasteiger partial charge in [-0.15, -0.1) is 0 Å². The van der Waals surface area contributed by atoms with E-state index in [1.165, 1.54) is 24.4 Å². The number of amides is 1. The molecule has 11 heteroatoms. The van der Waals surface area contributed by atoms with E-state index in [2.05, 4.69) is 14.6 Å². The third-order valence-corrected chi connectivity index (χ3v) is 8.40. The predicted octanol–water partition coefficient (Wildman–Crippen LogP) is 5.44. The van der Waals surface area contributed by atoms with Gasteiger partial charge in [0.1, 0.15) is 10.7 Å². The molecule has 3 aromatic carbocycles. The van der Waals surface area contributed by atoms with E-state index in [-0.39, 0.29) is 27.6 Å². The lowest BCUT2D eigenvalue weighted by molar-refractivity contribution is 0.0628. The minimum atomic E-state index is -4.12. The van der Waals surface area contributed by atoms with Crippen LogP contribution in [0.3, 0.4) is 0 Å². The van der Waals surface area contributed by atoms with Gasteiger partial charge in [-0.25, -0.2) is 12.8 Å². The molecule has 1 saturated heterocycles. The number of benzene rings is 3. The number of rotatable bonds is 6. The highest BCUT2D eigenvalue weighted by molar-refractivity contribution is 7.93. The molecule has 196 valence electrons. The van der Waals surface area contributed by atoms with Gasteiger partial charge in [-0.3, -0.25) is 19.4 Å². The fourth-order valence-electron chi connectivity index (χ4n) is 4.41. The SMILES string of the molecule is O=C(c1ccc(NS(=O)(=O)c2cccc3cccnc23)c(F)c1)N1CCN(Cc2ccc(Cl)cc2Cl)CC1. The molecule has 0 atom stereocenters. The van der Waals surface area contributed by atoms with Gasteiger partial charge >= 0.3 is 0 Å². The maximum Gasteiger partial charge on any atom is 0.264 e. The Bertz CT molecular complexity index is 1620. The number of anilines is 1. The van der Waals surface area contributed by atoms with Crippen molar-refractivity contribution in [3.05, 3.63) is 99.9 Å². The molecule has 1 aromatic heterocycles. The van der Waals surface area contributed by atoms with Crippen LogP contribution in [-0.2, 0) is 16.6 Å². The molecule has 2 heterocycles. The van der Waals surface area contributed by atoms with Crippen molar-refractivity contribution in [3.63, 3.8) is 0 Å². The minimum absolute atomic E-state index is 0.0621. The number of nitrogens with zero attached hydrogens (tertiary/aromatic N) is 3. The Hall–Kier alpha value is -3.24. The zero-order chi connectivity index (χ0) is 26.9. The average Bonchev–Trinajstić information content (AvgIpc) is 2.91. The van der Waals surface area contributed by atoms with Gasteiger partial charge in [0.15, 0.2) is 0 Å². The highest BCUT2D eigenvalue weighted by atomic mass is 35.5. The molecule has 0 bridgehead atoms. The van der Waals surface area contributed by atoms with Gasteiger partial charge in [-0.2, -0.15) is 0 Å². The Labute approximate surface area is 229 Å². The number of fused-ring (bicyclic) bond motifs is 1. The highest BCUT2D eigenvalue weighted by Crippen LogP contribution is 2.26. The standard InChI is InChI=1S/C27H23Cl2FN4O3S/c28-21-8-6-20(22(29)16-21)17-33-11-13-34(14-12-33)27(35)19-7-9-24(23(30)15-19)32-38(36,37)25-5-1-3-18-4-2-10-31-26(18)25/h1-10,15-16,32H,11-14,17H2. The van der Waals surface area contributed by atoms with Crippen LogP contribution in [-0.4, -0.2) is 55.3 Å². The number of hydrogen-bond acceptors (Lipinski definition) is 5. The second kappa shape index (κ2) is 10.9. The first kappa shape index (κ1) is 26.4. The van der Waals surface area contributed by atoms with Crippen LogP contribution >= 0.6 is 23.2 Å². The molecule has 1 aliphatic rings. The van der Waals surface area contributed by atoms with E-state index in [9.17, 15) is 17.6 Å². The van der Waals surface area contributed by atoms with Crippen molar-refractivity contribution < 1.29 is 17.6 Å². The van der Waals surface area contributed by atoms with Gasteiger partial charge in [-0.05, 0) is 48.0 Å². The fourth-order valence-corrected chi connectivity index (χ4v) is 6.12. The number of aromatic nitrogens is 1. The molecule has 0 saturated carbocycles. The molecular weight excluding hydrogens is 550 g/mol. The van der Waals surface area contributed by atoms with E-state index < -0.39 is 15.8 Å². The zero-order valence-electron chi connectivity index (χ0n) is 20.1. The normalized spacial score (nSPS) is 14.6. The third kappa shape index (κ3) is 5.61. The molecule has 1 N–H and O–H groups in total. The van der Waals surface area contributed by atoms with Crippen molar-refractivity contribution in [3.8, 4) is 0 Å². The average molecular weight is 573 g/mol. The second-order valence-corrected chi connectivity index (χ2v) is 11.4. The number of carbonyl (C=O) groups excluding carboxylic acids is 1. The van der Waals surface area contributed by atoms with Crippen LogP contribution in [0.1, 0.15) is 15.9 Å². The fraction of sp³-hybridized carbons (Fsp3) is 0.185. The lowest BCUT2D eigenvalue weighted by Gasteiger charge is -2.35. The van der Waals surface area contributed by atoms with E-state index in [0.29, 0.717) is 48.2 Å². The van der Waals surface area contributed by atoms with E-state index in [1.54, 1.807) is 41.3 Å². The van der Waals surface area contributed by atoms with Crippen LogP contribution in [0.25, 0.3) is 10.9 Å². The van der Waals surface area contributed by atoms with Crippen LogP contribution in [0, 0.1) is 5.82 Å². The number of halogens is 3. The quantitative estimate of drug-likeness (QED) is 0.332. The minimum Gasteiger partial charge on any atom is -0.336 e. The second-order valence-electron chi connectivity index (χ2n) is 8.94. The summed E-state index contributed by atoms with van der Waals surface area (Å²) in [5.74, 6) is -1.16. The molecule has 7 nitrogen and oxygen atoms in total. The summed E-state index contributed by atoms with van der Waals surface area (Å²) in [6.45, 7) is 2.82. The molecule has 1 aliphatic heterocycles. The summed E-state index contributed by atoms with van der Waals surface area (Å²) >= 11 is 12.2. The molecule has 0 radical (unpaired) electrons. The first-order valence-electron chi connectivity index (χ1n) is 11.8. The molecule has 1 fully saturated rings. The number of sulfonamides is 1. The zero-order valence-corrected chi connectivity index (χ0v) is 22.4. The van der Waals surface area contributed by atoms with Crippen LogP contribution in [0.5, 0.6) is 0 Å². The lowest BCUT2D eigenvalue weighted by atomic mass is 10.1. The molecule has 5 rings (SSSR count). The third-order valence-electron chi connectivity index (χ3n) is 6.41.